The first-order valence-electron chi connectivity index (χ1n) is 7.71. The van der Waals surface area contributed by atoms with Gasteiger partial charge in [0.25, 0.3) is 0 Å². The number of nitrogens with zero attached hydrogens (tertiary/aromatic N) is 1. The smallest absolute Gasteiger partial charge is 0.201 e. The number of pyridine rings is 1. The van der Waals surface area contributed by atoms with Crippen molar-refractivity contribution < 1.29 is 4.57 Å². The van der Waals surface area contributed by atoms with Crippen LogP contribution in [0.2, 0.25) is 0 Å². The van der Waals surface area contributed by atoms with E-state index < -0.39 is 0 Å². The van der Waals surface area contributed by atoms with Crippen LogP contribution in [-0.2, 0) is 12.5 Å². The third-order valence-electron chi connectivity index (χ3n) is 5.15. The highest BCUT2D eigenvalue weighted by Gasteiger charge is 2.36. The third-order valence-corrected chi connectivity index (χ3v) is 5.15. The highest BCUT2D eigenvalue weighted by atomic mass is 14.9. The van der Waals surface area contributed by atoms with Crippen LogP contribution in [-0.4, -0.2) is 0 Å². The highest BCUT2D eigenvalue weighted by molar-refractivity contribution is 5.60. The second-order valence-corrected chi connectivity index (χ2v) is 7.60. The van der Waals surface area contributed by atoms with E-state index in [0.29, 0.717) is 0 Å². The van der Waals surface area contributed by atoms with E-state index in [9.17, 15) is 0 Å². The Morgan fingerprint density at radius 2 is 1.48 bits per heavy atom. The van der Waals surface area contributed by atoms with Crippen molar-refractivity contribution in [3.8, 4) is 11.3 Å². The number of hydrogen-bond donors (Lipinski definition) is 0. The van der Waals surface area contributed by atoms with Crippen molar-refractivity contribution in [2.24, 2.45) is 12.5 Å². The lowest BCUT2D eigenvalue weighted by Gasteiger charge is -2.38. The second kappa shape index (κ2) is 5.29. The molecule has 0 aliphatic heterocycles. The molecule has 1 nitrogen and oxygen atoms in total. The lowest BCUT2D eigenvalue weighted by molar-refractivity contribution is -0.661. The topological polar surface area (TPSA) is 3.88 Å². The van der Waals surface area contributed by atoms with Crippen molar-refractivity contribution in [2.75, 3.05) is 0 Å². The van der Waals surface area contributed by atoms with Gasteiger partial charge in [-0.3, -0.25) is 0 Å². The van der Waals surface area contributed by atoms with E-state index in [1.165, 1.54) is 22.4 Å². The van der Waals surface area contributed by atoms with E-state index in [1.54, 1.807) is 0 Å². The SMILES string of the molecule is Cc1ccccc1-c1ccc(C(C)(C)C(C)(C)C)c[n+]1C. The Labute approximate surface area is 129 Å². The van der Waals surface area contributed by atoms with Gasteiger partial charge in [0.2, 0.25) is 5.69 Å². The van der Waals surface area contributed by atoms with Crippen LogP contribution in [0.5, 0.6) is 0 Å². The number of hydrogen-bond acceptors (Lipinski definition) is 0. The van der Waals surface area contributed by atoms with Gasteiger partial charge in [-0.05, 0) is 30.0 Å². The van der Waals surface area contributed by atoms with E-state index in [1.807, 2.05) is 0 Å². The first kappa shape index (κ1) is 15.8. The Morgan fingerprint density at radius 3 is 2.00 bits per heavy atom. The van der Waals surface area contributed by atoms with Crippen molar-refractivity contribution >= 4 is 0 Å². The van der Waals surface area contributed by atoms with Crippen LogP contribution in [0.3, 0.4) is 0 Å². The fourth-order valence-electron chi connectivity index (χ4n) is 2.55. The molecule has 0 saturated heterocycles. The summed E-state index contributed by atoms with van der Waals surface area (Å²) >= 11 is 0. The molecule has 112 valence electrons. The number of aryl methyl sites for hydroxylation is 2. The Hall–Kier alpha value is -1.63. The monoisotopic (exact) mass is 282 g/mol. The predicted octanol–water partition coefficient (Wildman–Crippen LogP) is 4.81. The molecule has 2 aromatic rings. The van der Waals surface area contributed by atoms with Crippen LogP contribution in [0, 0.1) is 12.3 Å². The molecule has 0 aliphatic carbocycles. The lowest BCUT2D eigenvalue weighted by atomic mass is 9.66. The lowest BCUT2D eigenvalue weighted by Crippen LogP contribution is -2.38. The van der Waals surface area contributed by atoms with Crippen molar-refractivity contribution in [1.82, 2.24) is 0 Å². The molecule has 1 heteroatoms. The summed E-state index contributed by atoms with van der Waals surface area (Å²) in [6, 6.07) is 13.1. The first-order valence-corrected chi connectivity index (χ1v) is 7.71. The molecule has 1 heterocycles. The van der Waals surface area contributed by atoms with Crippen LogP contribution in [0.1, 0.15) is 45.7 Å². The van der Waals surface area contributed by atoms with Gasteiger partial charge in [-0.25, -0.2) is 4.57 Å². The minimum absolute atomic E-state index is 0.134. The molecule has 2 rings (SSSR count). The van der Waals surface area contributed by atoms with Gasteiger partial charge in [-0.15, -0.1) is 0 Å². The largest absolute Gasteiger partial charge is 0.212 e. The van der Waals surface area contributed by atoms with Gasteiger partial charge in [0.15, 0.2) is 6.20 Å². The molecule has 0 unspecified atom stereocenters. The summed E-state index contributed by atoms with van der Waals surface area (Å²) < 4.78 is 2.26. The fraction of sp³-hybridized carbons (Fsp3) is 0.450. The van der Waals surface area contributed by atoms with Gasteiger partial charge in [0.1, 0.15) is 7.05 Å². The molecule has 0 N–H and O–H groups in total. The van der Waals surface area contributed by atoms with E-state index in [0.717, 1.165) is 0 Å². The van der Waals surface area contributed by atoms with Crippen molar-refractivity contribution in [3.63, 3.8) is 0 Å². The molecule has 0 atom stereocenters. The molecule has 0 fully saturated rings. The summed E-state index contributed by atoms with van der Waals surface area (Å²) in [5.74, 6) is 0. The summed E-state index contributed by atoms with van der Waals surface area (Å²) in [6.45, 7) is 13.8. The number of aromatic nitrogens is 1. The van der Waals surface area contributed by atoms with Crippen LogP contribution in [0.25, 0.3) is 11.3 Å². The van der Waals surface area contributed by atoms with Crippen LogP contribution in [0.15, 0.2) is 42.6 Å². The maximum atomic E-state index is 2.33. The molecule has 0 saturated carbocycles. The molecule has 0 aliphatic rings. The zero-order valence-corrected chi connectivity index (χ0v) is 14.5. The van der Waals surface area contributed by atoms with Crippen LogP contribution in [0.4, 0.5) is 0 Å². The summed E-state index contributed by atoms with van der Waals surface area (Å²) in [5.41, 5.74) is 5.63. The molecular weight excluding hydrogens is 254 g/mol. The Kier molecular flexibility index (Phi) is 3.97. The summed E-state index contributed by atoms with van der Waals surface area (Å²) in [6.07, 6.45) is 2.28. The molecule has 0 radical (unpaired) electrons. The molecule has 0 bridgehead atoms. The minimum atomic E-state index is 0.134. The molecule has 21 heavy (non-hydrogen) atoms. The van der Waals surface area contributed by atoms with Gasteiger partial charge >= 0.3 is 0 Å². The third kappa shape index (κ3) is 2.88. The second-order valence-electron chi connectivity index (χ2n) is 7.60. The zero-order valence-electron chi connectivity index (χ0n) is 14.5. The molecular formula is C20H28N+. The maximum Gasteiger partial charge on any atom is 0.212 e. The van der Waals surface area contributed by atoms with Crippen molar-refractivity contribution in [2.45, 2.75) is 47.0 Å². The number of rotatable bonds is 2. The fourth-order valence-corrected chi connectivity index (χ4v) is 2.55. The molecule has 0 spiro atoms. The summed E-state index contributed by atoms with van der Waals surface area (Å²) in [4.78, 5) is 0. The average Bonchev–Trinajstić information content (AvgIpc) is 2.38. The van der Waals surface area contributed by atoms with Gasteiger partial charge < -0.3 is 0 Å². The predicted molar refractivity (Wildman–Crippen MR) is 90.3 cm³/mol. The minimum Gasteiger partial charge on any atom is -0.201 e. The summed E-state index contributed by atoms with van der Waals surface area (Å²) in [7, 11) is 2.14. The Bertz CT molecular complexity index is 645. The van der Waals surface area contributed by atoms with Crippen LogP contribution < -0.4 is 4.57 Å². The quantitative estimate of drug-likeness (QED) is 0.696. The first-order chi connectivity index (χ1) is 9.64. The maximum absolute atomic E-state index is 2.33. The van der Waals surface area contributed by atoms with Gasteiger partial charge in [-0.2, -0.15) is 0 Å². The van der Waals surface area contributed by atoms with Gasteiger partial charge in [0, 0.05) is 22.6 Å². The molecule has 0 amide bonds. The van der Waals surface area contributed by atoms with Gasteiger partial charge in [0.05, 0.1) is 0 Å². The molecule has 1 aromatic heterocycles. The number of benzene rings is 1. The summed E-state index contributed by atoms with van der Waals surface area (Å²) in [5, 5.41) is 0. The van der Waals surface area contributed by atoms with E-state index in [4.69, 9.17) is 0 Å². The molecule has 1 aromatic carbocycles. The van der Waals surface area contributed by atoms with E-state index >= 15 is 0 Å². The normalized spacial score (nSPS) is 12.5. The van der Waals surface area contributed by atoms with E-state index in [-0.39, 0.29) is 10.8 Å². The van der Waals surface area contributed by atoms with E-state index in [2.05, 4.69) is 95.8 Å². The van der Waals surface area contributed by atoms with Crippen molar-refractivity contribution in [1.29, 1.82) is 0 Å². The zero-order chi connectivity index (χ0) is 15.8. The Morgan fingerprint density at radius 1 is 0.857 bits per heavy atom. The van der Waals surface area contributed by atoms with Crippen molar-refractivity contribution in [3.05, 3.63) is 53.7 Å². The Balaban J connectivity index is 2.51. The highest BCUT2D eigenvalue weighted by Crippen LogP contribution is 2.40. The average molecular weight is 282 g/mol. The van der Waals surface area contributed by atoms with Gasteiger partial charge in [-0.1, -0.05) is 52.8 Å². The van der Waals surface area contributed by atoms with Crippen LogP contribution >= 0.6 is 0 Å². The standard InChI is InChI=1S/C20H28N/c1-15-10-8-9-11-17(15)18-13-12-16(14-21(18)7)20(5,6)19(2,3)4/h8-14H,1-7H3/q+1.